The van der Waals surface area contributed by atoms with Gasteiger partial charge in [-0.1, -0.05) is 11.6 Å². The van der Waals surface area contributed by atoms with Crippen molar-refractivity contribution >= 4 is 0 Å². The van der Waals surface area contributed by atoms with Gasteiger partial charge < -0.3 is 5.11 Å². The van der Waals surface area contributed by atoms with Crippen LogP contribution in [0.5, 0.6) is 0 Å². The second-order valence-corrected chi connectivity index (χ2v) is 4.36. The van der Waals surface area contributed by atoms with Crippen molar-refractivity contribution in [3.63, 3.8) is 0 Å². The third kappa shape index (κ3) is 2.34. The SMILES string of the molecule is CC(C)=CCCC1([C@@H](C)O)CC1. The summed E-state index contributed by atoms with van der Waals surface area (Å²) in [5, 5.41) is 9.49. The Hall–Kier alpha value is -0.300. The molecule has 1 nitrogen and oxygen atoms in total. The van der Waals surface area contributed by atoms with Gasteiger partial charge in [-0.25, -0.2) is 0 Å². The van der Waals surface area contributed by atoms with Crippen LogP contribution in [0.2, 0.25) is 0 Å². The van der Waals surface area contributed by atoms with Crippen molar-refractivity contribution in [1.82, 2.24) is 0 Å². The molecule has 1 atom stereocenters. The van der Waals surface area contributed by atoms with Crippen LogP contribution in [0, 0.1) is 5.41 Å². The van der Waals surface area contributed by atoms with E-state index in [0.717, 1.165) is 12.8 Å². The molecule has 1 aliphatic carbocycles. The van der Waals surface area contributed by atoms with Crippen LogP contribution < -0.4 is 0 Å². The van der Waals surface area contributed by atoms with Crippen LogP contribution in [0.15, 0.2) is 11.6 Å². The fourth-order valence-corrected chi connectivity index (χ4v) is 1.69. The molecule has 70 valence electrons. The lowest BCUT2D eigenvalue weighted by Gasteiger charge is -2.17. The van der Waals surface area contributed by atoms with Crippen molar-refractivity contribution in [3.05, 3.63) is 11.6 Å². The zero-order valence-corrected chi connectivity index (χ0v) is 8.43. The summed E-state index contributed by atoms with van der Waals surface area (Å²) < 4.78 is 0. The molecule has 0 aromatic rings. The minimum absolute atomic E-state index is 0.108. The Morgan fingerprint density at radius 2 is 2.08 bits per heavy atom. The normalized spacial score (nSPS) is 21.7. The third-order valence-electron chi connectivity index (χ3n) is 2.97. The van der Waals surface area contributed by atoms with Crippen LogP contribution in [-0.4, -0.2) is 11.2 Å². The number of hydrogen-bond donors (Lipinski definition) is 1. The summed E-state index contributed by atoms with van der Waals surface area (Å²) in [6.45, 7) is 6.18. The molecular formula is C11H20O. The standard InChI is InChI=1S/C11H20O/c1-9(2)5-4-6-11(7-8-11)10(3)12/h5,10,12H,4,6-8H2,1-3H3/t10-/m1/s1. The van der Waals surface area contributed by atoms with E-state index in [0.29, 0.717) is 5.41 Å². The Kier molecular flexibility index (Phi) is 2.94. The second kappa shape index (κ2) is 3.61. The second-order valence-electron chi connectivity index (χ2n) is 4.36. The summed E-state index contributed by atoms with van der Waals surface area (Å²) in [6, 6.07) is 0. The van der Waals surface area contributed by atoms with E-state index in [1.54, 1.807) is 0 Å². The quantitative estimate of drug-likeness (QED) is 0.640. The number of allylic oxidation sites excluding steroid dienone is 2. The van der Waals surface area contributed by atoms with Crippen LogP contribution in [0.1, 0.15) is 46.5 Å². The fraction of sp³-hybridized carbons (Fsp3) is 0.818. The van der Waals surface area contributed by atoms with E-state index in [4.69, 9.17) is 0 Å². The van der Waals surface area contributed by atoms with Crippen LogP contribution in [0.4, 0.5) is 0 Å². The molecule has 0 saturated heterocycles. The van der Waals surface area contributed by atoms with Gasteiger partial charge in [0.1, 0.15) is 0 Å². The highest BCUT2D eigenvalue weighted by Gasteiger charge is 2.45. The van der Waals surface area contributed by atoms with Gasteiger partial charge in [0, 0.05) is 0 Å². The van der Waals surface area contributed by atoms with Crippen LogP contribution >= 0.6 is 0 Å². The molecule has 0 spiro atoms. The van der Waals surface area contributed by atoms with E-state index in [2.05, 4.69) is 19.9 Å². The van der Waals surface area contributed by atoms with Crippen molar-refractivity contribution in [3.8, 4) is 0 Å². The Bertz CT molecular complexity index is 171. The van der Waals surface area contributed by atoms with E-state index in [-0.39, 0.29) is 6.10 Å². The van der Waals surface area contributed by atoms with E-state index < -0.39 is 0 Å². The zero-order chi connectivity index (χ0) is 9.19. The molecule has 1 saturated carbocycles. The van der Waals surface area contributed by atoms with Gasteiger partial charge in [0.2, 0.25) is 0 Å². The molecule has 0 radical (unpaired) electrons. The van der Waals surface area contributed by atoms with Crippen molar-refractivity contribution in [1.29, 1.82) is 0 Å². The molecule has 1 rings (SSSR count). The molecule has 0 bridgehead atoms. The maximum absolute atomic E-state index is 9.49. The van der Waals surface area contributed by atoms with Gasteiger partial charge in [-0.3, -0.25) is 0 Å². The highest BCUT2D eigenvalue weighted by Crippen LogP contribution is 2.52. The van der Waals surface area contributed by atoms with Gasteiger partial charge in [-0.05, 0) is 51.9 Å². The smallest absolute Gasteiger partial charge is 0.0568 e. The molecule has 1 aliphatic rings. The molecule has 0 aromatic heterocycles. The lowest BCUT2D eigenvalue weighted by Crippen LogP contribution is -2.17. The average molecular weight is 168 g/mol. The lowest BCUT2D eigenvalue weighted by molar-refractivity contribution is 0.105. The van der Waals surface area contributed by atoms with Crippen molar-refractivity contribution in [2.45, 2.75) is 52.6 Å². The zero-order valence-electron chi connectivity index (χ0n) is 8.43. The summed E-state index contributed by atoms with van der Waals surface area (Å²) in [4.78, 5) is 0. The van der Waals surface area contributed by atoms with E-state index in [9.17, 15) is 5.11 Å². The molecule has 12 heavy (non-hydrogen) atoms. The van der Waals surface area contributed by atoms with Gasteiger partial charge in [-0.15, -0.1) is 0 Å². The summed E-state index contributed by atoms with van der Waals surface area (Å²) >= 11 is 0. The first-order valence-electron chi connectivity index (χ1n) is 4.88. The molecule has 0 aliphatic heterocycles. The Morgan fingerprint density at radius 3 is 2.42 bits per heavy atom. The lowest BCUT2D eigenvalue weighted by atomic mass is 9.94. The molecule has 1 N–H and O–H groups in total. The number of aliphatic hydroxyl groups is 1. The van der Waals surface area contributed by atoms with Crippen LogP contribution in [0.3, 0.4) is 0 Å². The monoisotopic (exact) mass is 168 g/mol. The predicted molar refractivity (Wildman–Crippen MR) is 52.0 cm³/mol. The van der Waals surface area contributed by atoms with Gasteiger partial charge in [0.15, 0.2) is 0 Å². The first-order valence-corrected chi connectivity index (χ1v) is 4.88. The molecule has 0 heterocycles. The van der Waals surface area contributed by atoms with Gasteiger partial charge >= 0.3 is 0 Å². The largest absolute Gasteiger partial charge is 0.393 e. The fourth-order valence-electron chi connectivity index (χ4n) is 1.69. The number of hydrogen-bond acceptors (Lipinski definition) is 1. The summed E-state index contributed by atoms with van der Waals surface area (Å²) in [5.74, 6) is 0. The highest BCUT2D eigenvalue weighted by molar-refractivity contribution is 5.00. The van der Waals surface area contributed by atoms with Crippen molar-refractivity contribution < 1.29 is 5.11 Å². The third-order valence-corrected chi connectivity index (χ3v) is 2.97. The van der Waals surface area contributed by atoms with Crippen LogP contribution in [0.25, 0.3) is 0 Å². The highest BCUT2D eigenvalue weighted by atomic mass is 16.3. The Balaban J connectivity index is 2.28. The Morgan fingerprint density at radius 1 is 1.50 bits per heavy atom. The van der Waals surface area contributed by atoms with E-state index in [1.807, 2.05) is 6.92 Å². The topological polar surface area (TPSA) is 20.2 Å². The van der Waals surface area contributed by atoms with Gasteiger partial charge in [0.05, 0.1) is 6.10 Å². The first-order chi connectivity index (χ1) is 5.57. The van der Waals surface area contributed by atoms with Gasteiger partial charge in [0.25, 0.3) is 0 Å². The predicted octanol–water partition coefficient (Wildman–Crippen LogP) is 2.89. The number of aliphatic hydroxyl groups excluding tert-OH is 1. The molecule has 0 amide bonds. The summed E-state index contributed by atoms with van der Waals surface area (Å²) in [7, 11) is 0. The van der Waals surface area contributed by atoms with E-state index in [1.165, 1.54) is 18.4 Å². The van der Waals surface area contributed by atoms with Gasteiger partial charge in [-0.2, -0.15) is 0 Å². The molecule has 1 heteroatoms. The Labute approximate surface area is 75.5 Å². The van der Waals surface area contributed by atoms with Crippen LogP contribution in [-0.2, 0) is 0 Å². The minimum atomic E-state index is -0.108. The number of rotatable bonds is 4. The molecule has 0 unspecified atom stereocenters. The molecular weight excluding hydrogens is 148 g/mol. The summed E-state index contributed by atoms with van der Waals surface area (Å²) in [5.41, 5.74) is 1.68. The summed E-state index contributed by atoms with van der Waals surface area (Å²) in [6.07, 6.45) is 6.90. The molecule has 0 aromatic carbocycles. The van der Waals surface area contributed by atoms with E-state index >= 15 is 0 Å². The minimum Gasteiger partial charge on any atom is -0.393 e. The average Bonchev–Trinajstić information content (AvgIpc) is 2.68. The maximum atomic E-state index is 9.49. The van der Waals surface area contributed by atoms with Crippen molar-refractivity contribution in [2.75, 3.05) is 0 Å². The first kappa shape index (κ1) is 9.79. The van der Waals surface area contributed by atoms with Crippen molar-refractivity contribution in [2.24, 2.45) is 5.41 Å². The maximum Gasteiger partial charge on any atom is 0.0568 e. The molecule has 1 fully saturated rings.